The van der Waals surface area contributed by atoms with Crippen LogP contribution in [-0.2, 0) is 6.54 Å². The molecule has 0 fully saturated rings. The van der Waals surface area contributed by atoms with Crippen LogP contribution in [0.2, 0.25) is 0 Å². The van der Waals surface area contributed by atoms with Crippen LogP contribution in [-0.4, -0.2) is 17.7 Å². The van der Waals surface area contributed by atoms with E-state index in [4.69, 9.17) is 5.73 Å². The first kappa shape index (κ1) is 14.9. The predicted molar refractivity (Wildman–Crippen MR) is 82.6 cm³/mol. The number of benzene rings is 1. The van der Waals surface area contributed by atoms with E-state index in [0.717, 1.165) is 24.5 Å². The lowest BCUT2D eigenvalue weighted by Gasteiger charge is -2.24. The molecule has 0 saturated carbocycles. The molecule has 4 nitrogen and oxygen atoms in total. The van der Waals surface area contributed by atoms with Crippen LogP contribution in [0.4, 0.5) is 15.9 Å². The molecule has 0 spiro atoms. The first-order valence-corrected chi connectivity index (χ1v) is 6.99. The van der Waals surface area contributed by atoms with Gasteiger partial charge in [-0.3, -0.25) is 0 Å². The van der Waals surface area contributed by atoms with Crippen LogP contribution in [0.3, 0.4) is 0 Å². The highest BCUT2D eigenvalue weighted by Crippen LogP contribution is 2.28. The van der Waals surface area contributed by atoms with Gasteiger partial charge in [-0.2, -0.15) is 5.26 Å². The Hall–Kier alpha value is -2.48. The number of halogens is 1. The smallest absolute Gasteiger partial charge is 0.133 e. The van der Waals surface area contributed by atoms with Crippen molar-refractivity contribution in [2.24, 2.45) is 0 Å². The maximum Gasteiger partial charge on any atom is 0.133 e. The summed E-state index contributed by atoms with van der Waals surface area (Å²) in [6.07, 6.45) is 0. The fraction of sp³-hybridized carbons (Fsp3) is 0.312. The number of nitriles is 1. The maximum absolute atomic E-state index is 13.0. The van der Waals surface area contributed by atoms with Crippen molar-refractivity contribution in [3.8, 4) is 6.07 Å². The van der Waals surface area contributed by atoms with Gasteiger partial charge in [-0.15, -0.1) is 0 Å². The van der Waals surface area contributed by atoms with E-state index in [1.54, 1.807) is 18.2 Å². The van der Waals surface area contributed by atoms with Crippen molar-refractivity contribution >= 4 is 11.5 Å². The number of nitrogen functional groups attached to an aromatic ring is 1. The lowest BCUT2D eigenvalue weighted by atomic mass is 10.2. The molecule has 2 rings (SSSR count). The predicted octanol–water partition coefficient (Wildman–Crippen LogP) is 2.98. The Morgan fingerprint density at radius 1 is 1.24 bits per heavy atom. The first-order chi connectivity index (χ1) is 10.1. The van der Waals surface area contributed by atoms with Crippen molar-refractivity contribution in [1.82, 2.24) is 4.57 Å². The minimum Gasteiger partial charge on any atom is -0.396 e. The maximum atomic E-state index is 13.0. The van der Waals surface area contributed by atoms with E-state index in [2.05, 4.69) is 11.0 Å². The zero-order chi connectivity index (χ0) is 15.4. The average molecular weight is 286 g/mol. The summed E-state index contributed by atoms with van der Waals surface area (Å²) in [4.78, 5) is 2.11. The molecule has 0 aliphatic heterocycles. The third-order valence-electron chi connectivity index (χ3n) is 3.53. The molecule has 21 heavy (non-hydrogen) atoms. The Balaban J connectivity index is 2.45. The van der Waals surface area contributed by atoms with E-state index in [1.807, 2.05) is 18.4 Å². The molecule has 5 heteroatoms. The molecular weight excluding hydrogens is 267 g/mol. The molecule has 0 saturated heterocycles. The minimum atomic E-state index is -0.268. The molecule has 0 unspecified atom stereocenters. The molecule has 0 atom stereocenters. The molecule has 0 amide bonds. The highest BCUT2D eigenvalue weighted by Gasteiger charge is 2.17. The Morgan fingerprint density at radius 2 is 1.86 bits per heavy atom. The van der Waals surface area contributed by atoms with Crippen LogP contribution < -0.4 is 10.6 Å². The third-order valence-corrected chi connectivity index (χ3v) is 3.53. The highest BCUT2D eigenvalue weighted by atomic mass is 19.1. The van der Waals surface area contributed by atoms with E-state index in [0.29, 0.717) is 17.9 Å². The lowest BCUT2D eigenvalue weighted by molar-refractivity contribution is 0.626. The second-order valence-corrected chi connectivity index (χ2v) is 4.81. The Bertz CT molecular complexity index is 648. The molecule has 0 radical (unpaired) electrons. The molecule has 1 heterocycles. The SMILES string of the molecule is CCN(CC)c1c(N)cc(C#N)n1Cc1ccc(F)cc1. The largest absolute Gasteiger partial charge is 0.396 e. The van der Waals surface area contributed by atoms with Crippen LogP contribution in [0.5, 0.6) is 0 Å². The van der Waals surface area contributed by atoms with Crippen molar-refractivity contribution < 1.29 is 4.39 Å². The molecule has 0 bridgehead atoms. The summed E-state index contributed by atoms with van der Waals surface area (Å²) >= 11 is 0. The molecule has 0 aliphatic carbocycles. The van der Waals surface area contributed by atoms with Gasteiger partial charge in [0.1, 0.15) is 23.4 Å². The first-order valence-electron chi connectivity index (χ1n) is 6.99. The number of anilines is 2. The normalized spacial score (nSPS) is 10.4. The number of rotatable bonds is 5. The summed E-state index contributed by atoms with van der Waals surface area (Å²) in [5.41, 5.74) is 8.11. The number of nitrogens with two attached hydrogens (primary N) is 1. The Morgan fingerprint density at radius 3 is 2.38 bits per heavy atom. The summed E-state index contributed by atoms with van der Waals surface area (Å²) < 4.78 is 14.9. The summed E-state index contributed by atoms with van der Waals surface area (Å²) in [6, 6.07) is 10.2. The standard InChI is InChI=1S/C16H19FN4/c1-3-20(4-2)16-15(19)9-14(10-18)21(16)11-12-5-7-13(17)8-6-12/h5-9H,3-4,11,19H2,1-2H3. The van der Waals surface area contributed by atoms with Gasteiger partial charge in [0.05, 0.1) is 12.2 Å². The van der Waals surface area contributed by atoms with Crippen molar-refractivity contribution in [2.45, 2.75) is 20.4 Å². The van der Waals surface area contributed by atoms with Crippen molar-refractivity contribution in [2.75, 3.05) is 23.7 Å². The molecule has 110 valence electrons. The van der Waals surface area contributed by atoms with E-state index in [1.165, 1.54) is 12.1 Å². The van der Waals surface area contributed by atoms with Crippen LogP contribution in [0.15, 0.2) is 30.3 Å². The zero-order valence-corrected chi connectivity index (χ0v) is 12.3. The van der Waals surface area contributed by atoms with Crippen LogP contribution >= 0.6 is 0 Å². The monoisotopic (exact) mass is 286 g/mol. The van der Waals surface area contributed by atoms with E-state index >= 15 is 0 Å². The summed E-state index contributed by atoms with van der Waals surface area (Å²) in [7, 11) is 0. The topological polar surface area (TPSA) is 58.0 Å². The lowest BCUT2D eigenvalue weighted by Crippen LogP contribution is -2.26. The van der Waals surface area contributed by atoms with Crippen molar-refractivity contribution in [3.05, 3.63) is 47.4 Å². The van der Waals surface area contributed by atoms with Crippen LogP contribution in [0, 0.1) is 17.1 Å². The number of hydrogen-bond acceptors (Lipinski definition) is 3. The second kappa shape index (κ2) is 6.31. The fourth-order valence-corrected chi connectivity index (χ4v) is 2.46. The molecular formula is C16H19FN4. The second-order valence-electron chi connectivity index (χ2n) is 4.81. The summed E-state index contributed by atoms with van der Waals surface area (Å²) in [5, 5.41) is 9.30. The summed E-state index contributed by atoms with van der Waals surface area (Å²) in [6.45, 7) is 6.19. The van der Waals surface area contributed by atoms with E-state index < -0.39 is 0 Å². The Labute approximate surface area is 124 Å². The quantitative estimate of drug-likeness (QED) is 0.919. The minimum absolute atomic E-state index is 0.268. The number of aromatic nitrogens is 1. The molecule has 1 aromatic carbocycles. The third kappa shape index (κ3) is 3.00. The van der Waals surface area contributed by atoms with Gasteiger partial charge in [-0.1, -0.05) is 12.1 Å². The van der Waals surface area contributed by atoms with E-state index in [9.17, 15) is 9.65 Å². The molecule has 1 aromatic heterocycles. The molecule has 2 aromatic rings. The van der Waals surface area contributed by atoms with Gasteiger partial charge in [0.15, 0.2) is 0 Å². The van der Waals surface area contributed by atoms with Gasteiger partial charge in [-0.25, -0.2) is 4.39 Å². The average Bonchev–Trinajstić information content (AvgIpc) is 2.80. The fourth-order valence-electron chi connectivity index (χ4n) is 2.46. The van der Waals surface area contributed by atoms with Gasteiger partial charge in [0, 0.05) is 13.1 Å². The molecule has 0 aliphatic rings. The van der Waals surface area contributed by atoms with Gasteiger partial charge < -0.3 is 15.2 Å². The van der Waals surface area contributed by atoms with E-state index in [-0.39, 0.29) is 5.82 Å². The van der Waals surface area contributed by atoms with Crippen LogP contribution in [0.1, 0.15) is 25.1 Å². The molecule has 2 N–H and O–H groups in total. The number of hydrogen-bond donors (Lipinski definition) is 1. The zero-order valence-electron chi connectivity index (χ0n) is 12.3. The Kier molecular flexibility index (Phi) is 4.49. The van der Waals surface area contributed by atoms with Crippen molar-refractivity contribution in [3.63, 3.8) is 0 Å². The van der Waals surface area contributed by atoms with Gasteiger partial charge in [0.2, 0.25) is 0 Å². The summed E-state index contributed by atoms with van der Waals surface area (Å²) in [5.74, 6) is 0.580. The van der Waals surface area contributed by atoms with Gasteiger partial charge >= 0.3 is 0 Å². The van der Waals surface area contributed by atoms with Crippen LogP contribution in [0.25, 0.3) is 0 Å². The van der Waals surface area contributed by atoms with Crippen molar-refractivity contribution in [1.29, 1.82) is 5.26 Å². The number of nitrogens with zero attached hydrogens (tertiary/aromatic N) is 3. The highest BCUT2D eigenvalue weighted by molar-refractivity contribution is 5.68. The van der Waals surface area contributed by atoms with Gasteiger partial charge in [0.25, 0.3) is 0 Å². The van der Waals surface area contributed by atoms with Gasteiger partial charge in [-0.05, 0) is 37.6 Å².